The van der Waals surface area contributed by atoms with E-state index >= 15 is 0 Å². The topological polar surface area (TPSA) is 91.0 Å². The Kier molecular flexibility index (Phi) is 5.43. The van der Waals surface area contributed by atoms with Gasteiger partial charge in [-0.2, -0.15) is 5.10 Å². The van der Waals surface area contributed by atoms with Gasteiger partial charge in [0.25, 0.3) is 11.8 Å². The highest BCUT2D eigenvalue weighted by Crippen LogP contribution is 2.42. The van der Waals surface area contributed by atoms with E-state index in [-0.39, 0.29) is 17.6 Å². The van der Waals surface area contributed by atoms with E-state index in [0.717, 1.165) is 24.0 Å². The molecular formula is C26H30FN5O3. The maximum Gasteiger partial charge on any atom is 0.274 e. The molecule has 2 amide bonds. The molecule has 2 aliphatic rings. The second kappa shape index (κ2) is 8.12. The lowest BCUT2D eigenvalue weighted by Crippen LogP contribution is -2.64. The number of piperazine rings is 1. The number of hydrogen-bond donors (Lipinski definition) is 1. The van der Waals surface area contributed by atoms with Crippen LogP contribution in [0.2, 0.25) is 0 Å². The van der Waals surface area contributed by atoms with E-state index in [9.17, 15) is 19.1 Å². The minimum absolute atomic E-state index is 0.221. The zero-order valence-electron chi connectivity index (χ0n) is 20.5. The average molecular weight is 480 g/mol. The number of benzene rings is 1. The zero-order chi connectivity index (χ0) is 25.1. The molecule has 2 fully saturated rings. The first-order chi connectivity index (χ1) is 16.4. The van der Waals surface area contributed by atoms with Crippen LogP contribution in [0.4, 0.5) is 4.39 Å². The Morgan fingerprint density at radius 3 is 2.43 bits per heavy atom. The van der Waals surface area contributed by atoms with Crippen LogP contribution in [0.5, 0.6) is 0 Å². The highest BCUT2D eigenvalue weighted by Gasteiger charge is 2.42. The van der Waals surface area contributed by atoms with Crippen molar-refractivity contribution in [2.24, 2.45) is 0 Å². The molecule has 0 spiro atoms. The number of amides is 2. The largest absolute Gasteiger partial charge is 0.381 e. The second-order valence-corrected chi connectivity index (χ2v) is 10.7. The van der Waals surface area contributed by atoms with Crippen LogP contribution in [-0.4, -0.2) is 72.1 Å². The first-order valence-electron chi connectivity index (χ1n) is 11.9. The van der Waals surface area contributed by atoms with Crippen molar-refractivity contribution in [1.82, 2.24) is 24.4 Å². The van der Waals surface area contributed by atoms with Gasteiger partial charge in [0.15, 0.2) is 5.65 Å². The summed E-state index contributed by atoms with van der Waals surface area (Å²) in [6.45, 7) is 7.75. The van der Waals surface area contributed by atoms with Gasteiger partial charge in [0.1, 0.15) is 17.1 Å². The summed E-state index contributed by atoms with van der Waals surface area (Å²) in [5.41, 5.74) is 1.40. The van der Waals surface area contributed by atoms with Gasteiger partial charge >= 0.3 is 0 Å². The standard InChI is InChI=1S/C26H30FN5O3/c1-25(2)15-30(24(34)26(3,4)35)11-12-31(25)23(33)21-14-32-22(28-21)19(16-5-6-16)13-20(29-32)17-7-9-18(27)10-8-17/h7-10,13-14,16,35H,5-6,11-12,15H2,1-4H3. The molecule has 0 radical (unpaired) electrons. The Hall–Kier alpha value is -3.33. The van der Waals surface area contributed by atoms with Crippen LogP contribution in [0.25, 0.3) is 16.9 Å². The number of carbonyl (C=O) groups excluding carboxylic acids is 2. The number of fused-ring (bicyclic) bond motifs is 1. The van der Waals surface area contributed by atoms with Gasteiger partial charge in [-0.3, -0.25) is 9.59 Å². The monoisotopic (exact) mass is 479 g/mol. The fourth-order valence-corrected chi connectivity index (χ4v) is 4.79. The van der Waals surface area contributed by atoms with Gasteiger partial charge in [-0.15, -0.1) is 0 Å². The van der Waals surface area contributed by atoms with Gasteiger partial charge in [0.05, 0.1) is 17.4 Å². The SMILES string of the molecule is CC(C)(O)C(=O)N1CCN(C(=O)c2cn3nc(-c4ccc(F)cc4)cc(C4CC4)c3n2)C(C)(C)C1. The Morgan fingerprint density at radius 1 is 1.14 bits per heavy atom. The third kappa shape index (κ3) is 4.40. The number of nitrogens with zero attached hydrogens (tertiary/aromatic N) is 5. The molecule has 2 aromatic heterocycles. The molecule has 1 saturated heterocycles. The van der Waals surface area contributed by atoms with E-state index in [1.54, 1.807) is 32.6 Å². The van der Waals surface area contributed by atoms with Gasteiger partial charge in [0.2, 0.25) is 0 Å². The fraction of sp³-hybridized carbons (Fsp3) is 0.462. The predicted octanol–water partition coefficient (Wildman–Crippen LogP) is 3.25. The molecule has 35 heavy (non-hydrogen) atoms. The lowest BCUT2D eigenvalue weighted by molar-refractivity contribution is -0.152. The molecule has 0 atom stereocenters. The van der Waals surface area contributed by atoms with Crippen molar-refractivity contribution in [1.29, 1.82) is 0 Å². The van der Waals surface area contributed by atoms with Crippen LogP contribution in [0.1, 0.15) is 62.5 Å². The number of halogens is 1. The molecule has 1 aliphatic heterocycles. The van der Waals surface area contributed by atoms with Crippen LogP contribution < -0.4 is 0 Å². The van der Waals surface area contributed by atoms with Crippen molar-refractivity contribution in [3.8, 4) is 11.3 Å². The molecular weight excluding hydrogens is 449 g/mol. The zero-order valence-corrected chi connectivity index (χ0v) is 20.5. The van der Waals surface area contributed by atoms with Crippen molar-refractivity contribution in [3.05, 3.63) is 53.6 Å². The Bertz CT molecular complexity index is 1310. The number of aliphatic hydroxyl groups is 1. The Morgan fingerprint density at radius 2 is 1.83 bits per heavy atom. The summed E-state index contributed by atoms with van der Waals surface area (Å²) < 4.78 is 15.1. The van der Waals surface area contributed by atoms with Crippen LogP contribution in [-0.2, 0) is 4.79 Å². The molecule has 1 aliphatic carbocycles. The lowest BCUT2D eigenvalue weighted by Gasteiger charge is -2.47. The average Bonchev–Trinajstić information content (AvgIpc) is 3.54. The highest BCUT2D eigenvalue weighted by molar-refractivity contribution is 5.94. The summed E-state index contributed by atoms with van der Waals surface area (Å²) in [7, 11) is 0. The fourth-order valence-electron chi connectivity index (χ4n) is 4.79. The van der Waals surface area contributed by atoms with E-state index in [0.29, 0.717) is 42.6 Å². The van der Waals surface area contributed by atoms with E-state index in [1.807, 2.05) is 19.9 Å². The van der Waals surface area contributed by atoms with Gasteiger partial charge in [-0.25, -0.2) is 13.9 Å². The van der Waals surface area contributed by atoms with Gasteiger partial charge in [0, 0.05) is 30.8 Å². The van der Waals surface area contributed by atoms with Crippen molar-refractivity contribution < 1.29 is 19.1 Å². The molecule has 8 nitrogen and oxygen atoms in total. The summed E-state index contributed by atoms with van der Waals surface area (Å²) in [6, 6.07) is 8.20. The normalized spacial score (nSPS) is 18.2. The number of carbonyl (C=O) groups is 2. The molecule has 1 aromatic carbocycles. The maximum atomic E-state index is 13.6. The second-order valence-electron chi connectivity index (χ2n) is 10.7. The van der Waals surface area contributed by atoms with Gasteiger partial charge in [-0.05, 0) is 76.8 Å². The molecule has 9 heteroatoms. The van der Waals surface area contributed by atoms with Crippen molar-refractivity contribution >= 4 is 17.5 Å². The molecule has 3 aromatic rings. The minimum Gasteiger partial charge on any atom is -0.381 e. The van der Waals surface area contributed by atoms with E-state index in [2.05, 4.69) is 10.1 Å². The van der Waals surface area contributed by atoms with Crippen LogP contribution in [0.15, 0.2) is 36.5 Å². The van der Waals surface area contributed by atoms with Gasteiger partial charge in [-0.1, -0.05) is 0 Å². The number of aromatic nitrogens is 3. The summed E-state index contributed by atoms with van der Waals surface area (Å²) in [4.78, 5) is 34.2. The summed E-state index contributed by atoms with van der Waals surface area (Å²) >= 11 is 0. The highest BCUT2D eigenvalue weighted by atomic mass is 19.1. The Labute approximate surface area is 203 Å². The molecule has 0 bridgehead atoms. The Balaban J connectivity index is 1.46. The van der Waals surface area contributed by atoms with Crippen molar-refractivity contribution in [3.63, 3.8) is 0 Å². The lowest BCUT2D eigenvalue weighted by atomic mass is 9.96. The molecule has 1 N–H and O–H groups in total. The van der Waals surface area contributed by atoms with E-state index in [4.69, 9.17) is 0 Å². The van der Waals surface area contributed by atoms with Crippen LogP contribution >= 0.6 is 0 Å². The van der Waals surface area contributed by atoms with Crippen molar-refractivity contribution in [2.75, 3.05) is 19.6 Å². The van der Waals surface area contributed by atoms with Crippen LogP contribution in [0.3, 0.4) is 0 Å². The third-order valence-electron chi connectivity index (χ3n) is 6.79. The summed E-state index contributed by atoms with van der Waals surface area (Å²) in [6.07, 6.45) is 3.77. The smallest absolute Gasteiger partial charge is 0.274 e. The first kappa shape index (κ1) is 23.4. The summed E-state index contributed by atoms with van der Waals surface area (Å²) in [5, 5.41) is 14.8. The number of hydrogen-bond acceptors (Lipinski definition) is 5. The first-order valence-corrected chi connectivity index (χ1v) is 11.9. The predicted molar refractivity (Wildman–Crippen MR) is 128 cm³/mol. The van der Waals surface area contributed by atoms with Crippen LogP contribution in [0, 0.1) is 5.82 Å². The quantitative estimate of drug-likeness (QED) is 0.620. The molecule has 184 valence electrons. The molecule has 3 heterocycles. The van der Waals surface area contributed by atoms with E-state index < -0.39 is 11.1 Å². The van der Waals surface area contributed by atoms with Crippen molar-refractivity contribution in [2.45, 2.75) is 57.6 Å². The van der Waals surface area contributed by atoms with Gasteiger partial charge < -0.3 is 14.9 Å². The molecule has 0 unspecified atom stereocenters. The molecule has 5 rings (SSSR count). The number of imidazole rings is 1. The molecule has 1 saturated carbocycles. The van der Waals surface area contributed by atoms with E-state index in [1.165, 1.54) is 26.0 Å². The summed E-state index contributed by atoms with van der Waals surface area (Å²) in [5.74, 6) is -0.504. The third-order valence-corrected chi connectivity index (χ3v) is 6.79. The maximum absolute atomic E-state index is 13.6. The minimum atomic E-state index is -1.46. The number of rotatable bonds is 4.